The molecule has 1 aromatic heterocycles. The van der Waals surface area contributed by atoms with E-state index in [-0.39, 0.29) is 18.9 Å². The molecule has 1 amide bonds. The van der Waals surface area contributed by atoms with Crippen molar-refractivity contribution >= 4 is 32.9 Å². The van der Waals surface area contributed by atoms with Crippen LogP contribution in [0, 0.1) is 5.92 Å². The molecule has 20 heavy (non-hydrogen) atoms. The topological polar surface area (TPSA) is 80.5 Å². The zero-order chi connectivity index (χ0) is 14.3. The number of halogens is 1. The minimum absolute atomic E-state index is 0.0254. The van der Waals surface area contributed by atoms with E-state index in [1.807, 2.05) is 0 Å². The van der Waals surface area contributed by atoms with Gasteiger partial charge in [-0.1, -0.05) is 0 Å². The monoisotopic (exact) mass is 298 g/mol. The molecular weight excluding hydrogens is 287 g/mol. The Hall–Kier alpha value is -1.96. The van der Waals surface area contributed by atoms with E-state index >= 15 is 0 Å². The molecule has 6 nitrogen and oxygen atoms in total. The number of oxazole rings is 1. The first-order chi connectivity index (χ1) is 9.42. The lowest BCUT2D eigenvalue weighted by Crippen LogP contribution is -2.25. The Morgan fingerprint density at radius 1 is 1.45 bits per heavy atom. The highest BCUT2D eigenvalue weighted by Gasteiger charge is 2.33. The van der Waals surface area contributed by atoms with Gasteiger partial charge in [0.05, 0.1) is 5.75 Å². The van der Waals surface area contributed by atoms with E-state index in [9.17, 15) is 17.1 Å². The molecule has 1 aromatic carbocycles. The van der Waals surface area contributed by atoms with Crippen molar-refractivity contribution in [1.29, 1.82) is 0 Å². The van der Waals surface area contributed by atoms with Crippen LogP contribution in [0.15, 0.2) is 29.0 Å². The molecule has 2 heterocycles. The number of rotatable bonds is 3. The van der Waals surface area contributed by atoms with Crippen molar-refractivity contribution in [2.24, 2.45) is 5.92 Å². The Labute approximate surface area is 114 Å². The van der Waals surface area contributed by atoms with Crippen LogP contribution in [0.1, 0.15) is 6.42 Å². The van der Waals surface area contributed by atoms with Crippen molar-refractivity contribution in [2.45, 2.75) is 6.42 Å². The van der Waals surface area contributed by atoms with E-state index in [2.05, 4.69) is 4.98 Å². The average Bonchev–Trinajstić information content (AvgIpc) is 2.92. The summed E-state index contributed by atoms with van der Waals surface area (Å²) < 4.78 is 39.2. The number of benzene rings is 1. The molecule has 0 bridgehead atoms. The predicted molar refractivity (Wildman–Crippen MR) is 69.4 cm³/mol. The van der Waals surface area contributed by atoms with Gasteiger partial charge in [0.2, 0.25) is 5.91 Å². The molecule has 0 spiro atoms. The van der Waals surface area contributed by atoms with Gasteiger partial charge in [0.15, 0.2) is 12.0 Å². The Morgan fingerprint density at radius 3 is 3.00 bits per heavy atom. The van der Waals surface area contributed by atoms with Crippen molar-refractivity contribution in [3.05, 3.63) is 24.6 Å². The van der Waals surface area contributed by atoms with Gasteiger partial charge in [-0.25, -0.2) is 4.98 Å². The van der Waals surface area contributed by atoms with Gasteiger partial charge in [0, 0.05) is 30.6 Å². The van der Waals surface area contributed by atoms with Crippen LogP contribution < -0.4 is 4.90 Å². The lowest BCUT2D eigenvalue weighted by Gasteiger charge is -2.16. The summed E-state index contributed by atoms with van der Waals surface area (Å²) in [7, 11) is -4.57. The lowest BCUT2D eigenvalue weighted by atomic mass is 10.1. The number of aromatic nitrogens is 1. The van der Waals surface area contributed by atoms with Crippen LogP contribution in [-0.4, -0.2) is 31.6 Å². The molecular formula is C12H11FN2O4S. The summed E-state index contributed by atoms with van der Waals surface area (Å²) in [6.07, 6.45) is 1.33. The maximum Gasteiger partial charge on any atom is 0.302 e. The molecule has 1 aliphatic rings. The summed E-state index contributed by atoms with van der Waals surface area (Å²) in [5.41, 5.74) is 1.80. The van der Waals surface area contributed by atoms with Gasteiger partial charge in [-0.3, -0.25) is 4.79 Å². The average molecular weight is 298 g/mol. The zero-order valence-corrected chi connectivity index (χ0v) is 11.1. The molecule has 0 saturated carbocycles. The minimum atomic E-state index is -4.57. The van der Waals surface area contributed by atoms with Crippen LogP contribution in [0.4, 0.5) is 9.57 Å². The normalized spacial score (nSPS) is 19.9. The quantitative estimate of drug-likeness (QED) is 0.802. The van der Waals surface area contributed by atoms with E-state index in [4.69, 9.17) is 4.42 Å². The van der Waals surface area contributed by atoms with E-state index < -0.39 is 21.9 Å². The van der Waals surface area contributed by atoms with Crippen LogP contribution in [0.2, 0.25) is 0 Å². The summed E-state index contributed by atoms with van der Waals surface area (Å²) >= 11 is 0. The van der Waals surface area contributed by atoms with Gasteiger partial charge in [0.25, 0.3) is 0 Å². The van der Waals surface area contributed by atoms with E-state index in [0.717, 1.165) is 0 Å². The molecule has 106 valence electrons. The number of fused-ring (bicyclic) bond motifs is 1. The maximum atomic E-state index is 12.7. The van der Waals surface area contributed by atoms with Crippen molar-refractivity contribution in [1.82, 2.24) is 4.98 Å². The number of carbonyl (C=O) groups is 1. The van der Waals surface area contributed by atoms with Crippen LogP contribution in [0.5, 0.6) is 0 Å². The molecule has 0 aliphatic carbocycles. The smallest absolute Gasteiger partial charge is 0.302 e. The second-order valence-electron chi connectivity index (χ2n) is 4.78. The molecule has 1 unspecified atom stereocenters. The van der Waals surface area contributed by atoms with Crippen LogP contribution >= 0.6 is 0 Å². The van der Waals surface area contributed by atoms with Gasteiger partial charge < -0.3 is 9.32 Å². The number of carbonyl (C=O) groups excluding carboxylic acids is 1. The van der Waals surface area contributed by atoms with Crippen molar-refractivity contribution < 1.29 is 21.5 Å². The third kappa shape index (κ3) is 2.51. The summed E-state index contributed by atoms with van der Waals surface area (Å²) in [5.74, 6) is -1.37. The summed E-state index contributed by atoms with van der Waals surface area (Å²) in [6.45, 7) is 0.182. The molecule has 2 aromatic rings. The van der Waals surface area contributed by atoms with Crippen molar-refractivity contribution in [3.63, 3.8) is 0 Å². The Morgan fingerprint density at radius 2 is 2.25 bits per heavy atom. The predicted octanol–water partition coefficient (Wildman–Crippen LogP) is 1.48. The number of nitrogens with zero attached hydrogens (tertiary/aromatic N) is 2. The standard InChI is InChI=1S/C12H11FN2O4S/c13-20(17,18)6-8-3-12(16)15(5-8)9-1-2-10-11(4-9)19-7-14-10/h1-2,4,7-8H,3,5-6H2. The Balaban J connectivity index is 1.85. The second-order valence-corrected chi connectivity index (χ2v) is 6.20. The van der Waals surface area contributed by atoms with Crippen LogP contribution in [-0.2, 0) is 15.0 Å². The molecule has 8 heteroatoms. The number of anilines is 1. The van der Waals surface area contributed by atoms with Crippen molar-refractivity contribution in [2.75, 3.05) is 17.2 Å². The second kappa shape index (κ2) is 4.55. The fraction of sp³-hybridized carbons (Fsp3) is 0.333. The Kier molecular flexibility index (Phi) is 2.97. The lowest BCUT2D eigenvalue weighted by molar-refractivity contribution is -0.117. The highest BCUT2D eigenvalue weighted by atomic mass is 32.3. The first-order valence-electron chi connectivity index (χ1n) is 5.98. The fourth-order valence-electron chi connectivity index (χ4n) is 2.44. The largest absolute Gasteiger partial charge is 0.443 e. The highest BCUT2D eigenvalue weighted by molar-refractivity contribution is 7.86. The van der Waals surface area contributed by atoms with Crippen LogP contribution in [0.25, 0.3) is 11.1 Å². The number of hydrogen-bond acceptors (Lipinski definition) is 5. The summed E-state index contributed by atoms with van der Waals surface area (Å²) in [6, 6.07) is 5.07. The van der Waals surface area contributed by atoms with E-state index in [1.165, 1.54) is 11.3 Å². The minimum Gasteiger partial charge on any atom is -0.443 e. The van der Waals surface area contributed by atoms with Crippen molar-refractivity contribution in [3.8, 4) is 0 Å². The zero-order valence-electron chi connectivity index (χ0n) is 10.3. The SMILES string of the molecule is O=C1CC(CS(=O)(=O)F)CN1c1ccc2ncoc2c1. The number of amides is 1. The van der Waals surface area contributed by atoms with Crippen LogP contribution in [0.3, 0.4) is 0 Å². The molecule has 0 N–H and O–H groups in total. The van der Waals surface area contributed by atoms with Gasteiger partial charge in [-0.05, 0) is 12.1 Å². The first kappa shape index (κ1) is 13.0. The number of hydrogen-bond donors (Lipinski definition) is 0. The first-order valence-corrected chi connectivity index (χ1v) is 7.53. The summed E-state index contributed by atoms with van der Waals surface area (Å²) in [4.78, 5) is 17.3. The van der Waals surface area contributed by atoms with E-state index in [0.29, 0.717) is 16.8 Å². The molecule has 1 atom stereocenters. The van der Waals surface area contributed by atoms with E-state index in [1.54, 1.807) is 18.2 Å². The van der Waals surface area contributed by atoms with Gasteiger partial charge in [-0.2, -0.15) is 8.42 Å². The van der Waals surface area contributed by atoms with Gasteiger partial charge >= 0.3 is 10.2 Å². The third-order valence-corrected chi connectivity index (χ3v) is 4.14. The maximum absolute atomic E-state index is 12.7. The Bertz CT molecular complexity index is 771. The molecule has 1 aliphatic heterocycles. The molecule has 0 radical (unpaired) electrons. The fourth-order valence-corrected chi connectivity index (χ4v) is 3.22. The molecule has 1 saturated heterocycles. The summed E-state index contributed by atoms with van der Waals surface area (Å²) in [5, 5.41) is 0. The van der Waals surface area contributed by atoms with Gasteiger partial charge in [-0.15, -0.1) is 3.89 Å². The highest BCUT2D eigenvalue weighted by Crippen LogP contribution is 2.28. The third-order valence-electron chi connectivity index (χ3n) is 3.27. The van der Waals surface area contributed by atoms with Gasteiger partial charge in [0.1, 0.15) is 5.52 Å². The molecule has 1 fully saturated rings. The molecule has 3 rings (SSSR count).